The van der Waals surface area contributed by atoms with Gasteiger partial charge in [-0.05, 0) is 28.6 Å². The predicted octanol–water partition coefficient (Wildman–Crippen LogP) is 3.96. The fraction of sp³-hybridized carbons (Fsp3) is 1.00. The Morgan fingerprint density at radius 3 is 1.50 bits per heavy atom. The number of rotatable bonds is 1. The van der Waals surface area contributed by atoms with Crippen LogP contribution in [0.15, 0.2) is 0 Å². The highest BCUT2D eigenvalue weighted by Crippen LogP contribution is 2.65. The van der Waals surface area contributed by atoms with E-state index in [0.29, 0.717) is 10.8 Å². The Balaban J connectivity index is 2.85. The van der Waals surface area contributed by atoms with Gasteiger partial charge in [0.25, 0.3) is 0 Å². The molecule has 0 saturated heterocycles. The fourth-order valence-electron chi connectivity index (χ4n) is 3.40. The van der Waals surface area contributed by atoms with Crippen molar-refractivity contribution in [2.75, 3.05) is 0 Å². The van der Waals surface area contributed by atoms with Crippen LogP contribution in [0, 0.1) is 28.6 Å². The smallest absolute Gasteiger partial charge is 0.0267 e. The van der Waals surface area contributed by atoms with Crippen LogP contribution in [0.3, 0.4) is 0 Å². The summed E-state index contributed by atoms with van der Waals surface area (Å²) in [6.07, 6.45) is 0. The first-order chi connectivity index (χ1) is 5.23. The van der Waals surface area contributed by atoms with Crippen molar-refractivity contribution in [3.8, 4) is 0 Å². The molecule has 0 aromatic heterocycles. The summed E-state index contributed by atoms with van der Waals surface area (Å²) in [5, 5.41) is 0. The second-order valence-corrected chi connectivity index (χ2v) is 6.00. The number of hydrogen-bond acceptors (Lipinski definition) is 0. The van der Waals surface area contributed by atoms with Crippen LogP contribution in [0.2, 0.25) is 0 Å². The SMILES string of the molecule is CC(C)C1C(C)C(C)(C)C1(C)C. The van der Waals surface area contributed by atoms with E-state index in [1.165, 1.54) is 0 Å². The van der Waals surface area contributed by atoms with Gasteiger partial charge < -0.3 is 0 Å². The third-order valence-corrected chi connectivity index (χ3v) is 4.89. The molecule has 1 saturated carbocycles. The van der Waals surface area contributed by atoms with Crippen molar-refractivity contribution in [1.82, 2.24) is 0 Å². The highest BCUT2D eigenvalue weighted by atomic mass is 14.6. The molecule has 0 aliphatic heterocycles. The van der Waals surface area contributed by atoms with E-state index in [4.69, 9.17) is 0 Å². The molecule has 0 radical (unpaired) electrons. The maximum absolute atomic E-state index is 2.43. The molecule has 2 unspecified atom stereocenters. The average molecular weight is 168 g/mol. The van der Waals surface area contributed by atoms with E-state index in [1.54, 1.807) is 0 Å². The maximum atomic E-state index is 2.43. The third-order valence-electron chi connectivity index (χ3n) is 4.89. The quantitative estimate of drug-likeness (QED) is 0.556. The van der Waals surface area contributed by atoms with Gasteiger partial charge in [-0.3, -0.25) is 0 Å². The molecule has 0 heterocycles. The van der Waals surface area contributed by atoms with Crippen LogP contribution in [0.5, 0.6) is 0 Å². The Morgan fingerprint density at radius 1 is 0.917 bits per heavy atom. The largest absolute Gasteiger partial charge is 0.0625 e. The van der Waals surface area contributed by atoms with E-state index < -0.39 is 0 Å². The molecule has 0 aromatic carbocycles. The van der Waals surface area contributed by atoms with Gasteiger partial charge in [0.05, 0.1) is 0 Å². The van der Waals surface area contributed by atoms with E-state index in [-0.39, 0.29) is 0 Å². The van der Waals surface area contributed by atoms with Gasteiger partial charge in [0.1, 0.15) is 0 Å². The van der Waals surface area contributed by atoms with E-state index in [0.717, 1.165) is 17.8 Å². The Morgan fingerprint density at radius 2 is 1.33 bits per heavy atom. The Hall–Kier alpha value is 0. The van der Waals surface area contributed by atoms with Crippen LogP contribution in [0.4, 0.5) is 0 Å². The van der Waals surface area contributed by atoms with E-state index >= 15 is 0 Å². The summed E-state index contributed by atoms with van der Waals surface area (Å²) in [5.41, 5.74) is 1.06. The Kier molecular flexibility index (Phi) is 2.10. The first-order valence-electron chi connectivity index (χ1n) is 5.23. The summed E-state index contributed by atoms with van der Waals surface area (Å²) in [7, 11) is 0. The molecule has 0 amide bonds. The molecule has 1 aliphatic rings. The van der Waals surface area contributed by atoms with Gasteiger partial charge in [-0.15, -0.1) is 0 Å². The van der Waals surface area contributed by atoms with Crippen LogP contribution in [0.25, 0.3) is 0 Å². The standard InChI is InChI=1S/C12H24/c1-8(2)10-9(3)11(4,5)12(10,6)7/h8-10H,1-7H3. The van der Waals surface area contributed by atoms with Crippen LogP contribution in [-0.4, -0.2) is 0 Å². The lowest BCUT2D eigenvalue weighted by atomic mass is 9.39. The molecule has 1 aliphatic carbocycles. The van der Waals surface area contributed by atoms with Crippen LogP contribution < -0.4 is 0 Å². The Bertz CT molecular complexity index is 174. The Labute approximate surface area is 77.7 Å². The first-order valence-corrected chi connectivity index (χ1v) is 5.23. The molecule has 12 heavy (non-hydrogen) atoms. The molecular formula is C12H24. The summed E-state index contributed by atoms with van der Waals surface area (Å²) >= 11 is 0. The second-order valence-electron chi connectivity index (χ2n) is 6.00. The average Bonchev–Trinajstić information content (AvgIpc) is 1.85. The monoisotopic (exact) mass is 168 g/mol. The van der Waals surface area contributed by atoms with Gasteiger partial charge in [-0.1, -0.05) is 48.5 Å². The lowest BCUT2D eigenvalue weighted by Crippen LogP contribution is -2.60. The minimum Gasteiger partial charge on any atom is -0.0625 e. The van der Waals surface area contributed by atoms with Crippen molar-refractivity contribution in [2.45, 2.75) is 48.5 Å². The molecular weight excluding hydrogens is 144 g/mol. The van der Waals surface area contributed by atoms with E-state index in [9.17, 15) is 0 Å². The van der Waals surface area contributed by atoms with Crippen LogP contribution >= 0.6 is 0 Å². The molecule has 0 heteroatoms. The zero-order valence-corrected chi connectivity index (χ0v) is 9.73. The van der Waals surface area contributed by atoms with Gasteiger partial charge >= 0.3 is 0 Å². The van der Waals surface area contributed by atoms with Crippen molar-refractivity contribution in [2.24, 2.45) is 28.6 Å². The van der Waals surface area contributed by atoms with Crippen LogP contribution in [0.1, 0.15) is 48.5 Å². The van der Waals surface area contributed by atoms with Crippen molar-refractivity contribution in [1.29, 1.82) is 0 Å². The number of hydrogen-bond donors (Lipinski definition) is 0. The van der Waals surface area contributed by atoms with Crippen molar-refractivity contribution >= 4 is 0 Å². The second kappa shape index (κ2) is 2.49. The fourth-order valence-corrected chi connectivity index (χ4v) is 3.40. The third kappa shape index (κ3) is 0.963. The van der Waals surface area contributed by atoms with E-state index in [2.05, 4.69) is 48.5 Å². The lowest BCUT2D eigenvalue weighted by Gasteiger charge is -2.66. The first kappa shape index (κ1) is 10.1. The minimum atomic E-state index is 0.528. The van der Waals surface area contributed by atoms with Crippen molar-refractivity contribution in [3.63, 3.8) is 0 Å². The molecule has 72 valence electrons. The topological polar surface area (TPSA) is 0 Å². The molecule has 0 bridgehead atoms. The summed E-state index contributed by atoms with van der Waals surface area (Å²) < 4.78 is 0. The predicted molar refractivity (Wildman–Crippen MR) is 55.1 cm³/mol. The molecule has 0 spiro atoms. The summed E-state index contributed by atoms with van der Waals surface area (Å²) in [6.45, 7) is 16.8. The molecule has 0 aromatic rings. The molecule has 2 atom stereocenters. The summed E-state index contributed by atoms with van der Waals surface area (Å²) in [4.78, 5) is 0. The molecule has 0 nitrogen and oxygen atoms in total. The van der Waals surface area contributed by atoms with Gasteiger partial charge in [-0.25, -0.2) is 0 Å². The lowest BCUT2D eigenvalue weighted by molar-refractivity contribution is -0.177. The zero-order chi connectivity index (χ0) is 9.73. The minimum absolute atomic E-state index is 0.528. The van der Waals surface area contributed by atoms with Crippen molar-refractivity contribution < 1.29 is 0 Å². The van der Waals surface area contributed by atoms with Gasteiger partial charge in [-0.2, -0.15) is 0 Å². The van der Waals surface area contributed by atoms with Gasteiger partial charge in [0.2, 0.25) is 0 Å². The van der Waals surface area contributed by atoms with Crippen LogP contribution in [-0.2, 0) is 0 Å². The maximum Gasteiger partial charge on any atom is -0.0267 e. The normalized spacial score (nSPS) is 38.0. The highest BCUT2D eigenvalue weighted by molar-refractivity contribution is 5.07. The molecule has 1 fully saturated rings. The van der Waals surface area contributed by atoms with E-state index in [1.807, 2.05) is 0 Å². The van der Waals surface area contributed by atoms with Gasteiger partial charge in [0, 0.05) is 0 Å². The van der Waals surface area contributed by atoms with Gasteiger partial charge in [0.15, 0.2) is 0 Å². The highest BCUT2D eigenvalue weighted by Gasteiger charge is 2.59. The summed E-state index contributed by atoms with van der Waals surface area (Å²) in [6, 6.07) is 0. The summed E-state index contributed by atoms with van der Waals surface area (Å²) in [5.74, 6) is 2.63. The zero-order valence-electron chi connectivity index (χ0n) is 9.73. The molecule has 0 N–H and O–H groups in total. The van der Waals surface area contributed by atoms with Crippen molar-refractivity contribution in [3.05, 3.63) is 0 Å². The molecule has 1 rings (SSSR count).